The van der Waals surface area contributed by atoms with Crippen molar-refractivity contribution in [3.8, 4) is 0 Å². The van der Waals surface area contributed by atoms with Gasteiger partial charge in [0.25, 0.3) is 0 Å². The highest BCUT2D eigenvalue weighted by Crippen LogP contribution is 2.33. The first-order valence-corrected chi connectivity index (χ1v) is 8.43. The Kier molecular flexibility index (Phi) is 3.69. The lowest BCUT2D eigenvalue weighted by molar-refractivity contribution is 0.398. The topological polar surface area (TPSA) is 63.4 Å². The van der Waals surface area contributed by atoms with Crippen molar-refractivity contribution in [3.63, 3.8) is 0 Å². The zero-order chi connectivity index (χ0) is 14.9. The van der Waals surface area contributed by atoms with Crippen LogP contribution in [0.4, 0.5) is 5.69 Å². The van der Waals surface area contributed by atoms with E-state index in [1.807, 2.05) is 30.3 Å². The van der Waals surface area contributed by atoms with Gasteiger partial charge in [0.15, 0.2) is 0 Å². The van der Waals surface area contributed by atoms with Crippen LogP contribution >= 0.6 is 0 Å². The maximum absolute atomic E-state index is 12.8. The molecule has 3 rings (SSSR count). The summed E-state index contributed by atoms with van der Waals surface area (Å²) in [5.74, 6) is 0. The smallest absolute Gasteiger partial charge is 0.243 e. The number of sulfonamides is 1. The van der Waals surface area contributed by atoms with Crippen molar-refractivity contribution in [1.29, 1.82) is 0 Å². The van der Waals surface area contributed by atoms with Crippen molar-refractivity contribution in [3.05, 3.63) is 60.2 Å². The molecule has 0 atom stereocenters. The predicted molar refractivity (Wildman–Crippen MR) is 83.0 cm³/mol. The predicted octanol–water partition coefficient (Wildman–Crippen LogP) is 2.62. The Bertz CT molecular complexity index is 708. The lowest BCUT2D eigenvalue weighted by atomic mass is 10.2. The lowest BCUT2D eigenvalue weighted by Gasteiger charge is -2.22. The number of rotatable bonds is 5. The number of nitrogens with zero attached hydrogens (tertiary/aromatic N) is 1. The maximum Gasteiger partial charge on any atom is 0.243 e. The Morgan fingerprint density at radius 1 is 1.00 bits per heavy atom. The molecule has 2 aromatic rings. The molecule has 2 aromatic carbocycles. The van der Waals surface area contributed by atoms with E-state index in [9.17, 15) is 8.42 Å². The van der Waals surface area contributed by atoms with E-state index in [1.165, 1.54) is 0 Å². The van der Waals surface area contributed by atoms with Crippen LogP contribution in [0.2, 0.25) is 0 Å². The van der Waals surface area contributed by atoms with E-state index in [1.54, 1.807) is 28.6 Å². The molecule has 0 saturated heterocycles. The van der Waals surface area contributed by atoms with E-state index in [-0.39, 0.29) is 6.04 Å². The van der Waals surface area contributed by atoms with Gasteiger partial charge in [0, 0.05) is 18.3 Å². The summed E-state index contributed by atoms with van der Waals surface area (Å²) in [6.07, 6.45) is 1.86. The van der Waals surface area contributed by atoms with Gasteiger partial charge in [-0.25, -0.2) is 8.42 Å². The van der Waals surface area contributed by atoms with Gasteiger partial charge in [-0.2, -0.15) is 4.31 Å². The summed E-state index contributed by atoms with van der Waals surface area (Å²) in [6.45, 7) is 0.415. The first-order valence-electron chi connectivity index (χ1n) is 6.99. The molecule has 1 aliphatic carbocycles. The standard InChI is InChI=1S/C16H18N2O2S/c17-14-6-10-16(11-7-14)21(19,20)18(15-8-9-15)12-13-4-2-1-3-5-13/h1-7,10-11,15H,8-9,12,17H2. The van der Waals surface area contributed by atoms with Gasteiger partial charge in [-0.15, -0.1) is 0 Å². The number of hydrogen-bond acceptors (Lipinski definition) is 3. The molecule has 1 fully saturated rings. The van der Waals surface area contributed by atoms with Crippen molar-refractivity contribution in [2.24, 2.45) is 0 Å². The molecule has 1 saturated carbocycles. The van der Waals surface area contributed by atoms with Gasteiger partial charge in [0.2, 0.25) is 10.0 Å². The molecule has 0 amide bonds. The van der Waals surface area contributed by atoms with Crippen molar-refractivity contribution in [1.82, 2.24) is 4.31 Å². The minimum Gasteiger partial charge on any atom is -0.399 e. The monoisotopic (exact) mass is 302 g/mol. The van der Waals surface area contributed by atoms with Gasteiger partial charge in [-0.05, 0) is 42.7 Å². The van der Waals surface area contributed by atoms with E-state index >= 15 is 0 Å². The van der Waals surface area contributed by atoms with E-state index in [2.05, 4.69) is 0 Å². The van der Waals surface area contributed by atoms with Gasteiger partial charge in [-0.3, -0.25) is 0 Å². The minimum absolute atomic E-state index is 0.118. The van der Waals surface area contributed by atoms with E-state index in [0.717, 1.165) is 18.4 Å². The molecule has 0 bridgehead atoms. The highest BCUT2D eigenvalue weighted by atomic mass is 32.2. The van der Waals surface area contributed by atoms with E-state index in [4.69, 9.17) is 5.73 Å². The van der Waals surface area contributed by atoms with Crippen LogP contribution < -0.4 is 5.73 Å². The van der Waals surface area contributed by atoms with Gasteiger partial charge in [0.05, 0.1) is 4.90 Å². The van der Waals surface area contributed by atoms with Gasteiger partial charge in [-0.1, -0.05) is 30.3 Å². The summed E-state index contributed by atoms with van der Waals surface area (Å²) in [5.41, 5.74) is 7.20. The summed E-state index contributed by atoms with van der Waals surface area (Å²) in [7, 11) is -3.48. The third-order valence-electron chi connectivity index (χ3n) is 3.62. The molecular formula is C16H18N2O2S. The average molecular weight is 302 g/mol. The largest absolute Gasteiger partial charge is 0.399 e. The molecular weight excluding hydrogens is 284 g/mol. The summed E-state index contributed by atoms with van der Waals surface area (Å²) < 4.78 is 27.2. The molecule has 2 N–H and O–H groups in total. The Hall–Kier alpha value is -1.85. The third kappa shape index (κ3) is 3.09. The molecule has 5 heteroatoms. The second kappa shape index (κ2) is 5.50. The fourth-order valence-electron chi connectivity index (χ4n) is 2.31. The normalized spacial score (nSPS) is 15.3. The van der Waals surface area contributed by atoms with Crippen LogP contribution in [0.25, 0.3) is 0 Å². The number of nitrogen functional groups attached to an aromatic ring is 1. The third-order valence-corrected chi connectivity index (χ3v) is 5.53. The van der Waals surface area contributed by atoms with Crippen molar-refractivity contribution in [2.45, 2.75) is 30.3 Å². The minimum atomic E-state index is -3.48. The zero-order valence-electron chi connectivity index (χ0n) is 11.6. The summed E-state index contributed by atoms with van der Waals surface area (Å²) >= 11 is 0. The molecule has 0 aliphatic heterocycles. The zero-order valence-corrected chi connectivity index (χ0v) is 12.5. The summed E-state index contributed by atoms with van der Waals surface area (Å²) in [4.78, 5) is 0.305. The molecule has 0 heterocycles. The maximum atomic E-state index is 12.8. The molecule has 110 valence electrons. The van der Waals surface area contributed by atoms with Crippen LogP contribution in [0.1, 0.15) is 18.4 Å². The Morgan fingerprint density at radius 2 is 1.62 bits per heavy atom. The fourth-order valence-corrected chi connectivity index (χ4v) is 3.98. The first-order chi connectivity index (χ1) is 10.1. The molecule has 0 aromatic heterocycles. The van der Waals surface area contributed by atoms with E-state index < -0.39 is 10.0 Å². The second-order valence-corrected chi connectivity index (χ2v) is 7.23. The van der Waals surface area contributed by atoms with Crippen LogP contribution in [0.5, 0.6) is 0 Å². The summed E-state index contributed by atoms with van der Waals surface area (Å²) in [5, 5.41) is 0. The van der Waals surface area contributed by atoms with Crippen LogP contribution in [-0.2, 0) is 16.6 Å². The SMILES string of the molecule is Nc1ccc(S(=O)(=O)N(Cc2ccccc2)C2CC2)cc1. The van der Waals surface area contributed by atoms with Gasteiger partial charge < -0.3 is 5.73 Å². The number of nitrogens with two attached hydrogens (primary N) is 1. The van der Waals surface area contributed by atoms with E-state index in [0.29, 0.717) is 17.1 Å². The Morgan fingerprint density at radius 3 is 2.19 bits per heavy atom. The molecule has 0 unspecified atom stereocenters. The first kappa shape index (κ1) is 14.1. The number of benzene rings is 2. The van der Waals surface area contributed by atoms with Crippen molar-refractivity contribution >= 4 is 15.7 Å². The highest BCUT2D eigenvalue weighted by molar-refractivity contribution is 7.89. The average Bonchev–Trinajstić information content (AvgIpc) is 3.31. The quantitative estimate of drug-likeness (QED) is 0.864. The molecule has 0 radical (unpaired) electrons. The van der Waals surface area contributed by atoms with Crippen molar-refractivity contribution < 1.29 is 8.42 Å². The molecule has 4 nitrogen and oxygen atoms in total. The second-order valence-electron chi connectivity index (χ2n) is 5.34. The molecule has 0 spiro atoms. The molecule has 21 heavy (non-hydrogen) atoms. The van der Waals surface area contributed by atoms with Crippen LogP contribution in [0.15, 0.2) is 59.5 Å². The van der Waals surface area contributed by atoms with Gasteiger partial charge in [0.1, 0.15) is 0 Å². The lowest BCUT2D eigenvalue weighted by Crippen LogP contribution is -2.32. The highest BCUT2D eigenvalue weighted by Gasteiger charge is 2.37. The van der Waals surface area contributed by atoms with Crippen LogP contribution in [-0.4, -0.2) is 18.8 Å². The van der Waals surface area contributed by atoms with Gasteiger partial charge >= 0.3 is 0 Å². The Balaban J connectivity index is 1.91. The van der Waals surface area contributed by atoms with Crippen molar-refractivity contribution in [2.75, 3.05) is 5.73 Å². The van der Waals surface area contributed by atoms with Crippen LogP contribution in [0.3, 0.4) is 0 Å². The summed E-state index contributed by atoms with van der Waals surface area (Å²) in [6, 6.07) is 16.2. The number of hydrogen-bond donors (Lipinski definition) is 1. The van der Waals surface area contributed by atoms with Crippen LogP contribution in [0, 0.1) is 0 Å². The molecule has 1 aliphatic rings. The Labute approximate surface area is 125 Å². The fraction of sp³-hybridized carbons (Fsp3) is 0.250. The number of anilines is 1.